The van der Waals surface area contributed by atoms with E-state index in [2.05, 4.69) is 31.2 Å². The molecule has 2 heterocycles. The van der Waals surface area contributed by atoms with Crippen molar-refractivity contribution in [3.8, 4) is 17.0 Å². The average Bonchev–Trinajstić information content (AvgIpc) is 3.06. The summed E-state index contributed by atoms with van der Waals surface area (Å²) in [6, 6.07) is 15.4. The van der Waals surface area contributed by atoms with Crippen molar-refractivity contribution in [3.05, 3.63) is 71.0 Å². The standard InChI is InChI=1S/C18H13BrN4O/c19-13-5-3-12(4-6-13)10-23-11-16(21-22-23)14-7-8-17(24)18-15(14)2-1-9-20-18/h1-9,11,24H,10H2. The summed E-state index contributed by atoms with van der Waals surface area (Å²) < 4.78 is 2.85. The summed E-state index contributed by atoms with van der Waals surface area (Å²) in [7, 11) is 0. The van der Waals surface area contributed by atoms with Crippen LogP contribution in [-0.2, 0) is 6.54 Å². The van der Waals surface area contributed by atoms with Gasteiger partial charge in [0, 0.05) is 21.6 Å². The Hall–Kier alpha value is -2.73. The number of hydrogen-bond donors (Lipinski definition) is 1. The summed E-state index contributed by atoms with van der Waals surface area (Å²) >= 11 is 3.43. The Kier molecular flexibility index (Phi) is 3.74. The molecule has 5 nitrogen and oxygen atoms in total. The molecule has 0 aliphatic rings. The van der Waals surface area contributed by atoms with Gasteiger partial charge in [-0.2, -0.15) is 0 Å². The minimum atomic E-state index is 0.164. The number of rotatable bonds is 3. The van der Waals surface area contributed by atoms with Crippen molar-refractivity contribution in [3.63, 3.8) is 0 Å². The van der Waals surface area contributed by atoms with E-state index in [-0.39, 0.29) is 5.75 Å². The number of fused-ring (bicyclic) bond motifs is 1. The topological polar surface area (TPSA) is 63.8 Å². The second kappa shape index (κ2) is 6.05. The molecule has 0 unspecified atom stereocenters. The SMILES string of the molecule is Oc1ccc(-c2cn(Cc3ccc(Br)cc3)nn2)c2cccnc12. The quantitative estimate of drug-likeness (QED) is 0.583. The number of pyridine rings is 1. The Bertz CT molecular complexity index is 1010. The zero-order valence-corrected chi connectivity index (χ0v) is 14.2. The van der Waals surface area contributed by atoms with E-state index in [9.17, 15) is 5.11 Å². The van der Waals surface area contributed by atoms with Gasteiger partial charge in [0.2, 0.25) is 0 Å². The third-order valence-corrected chi connectivity index (χ3v) is 4.35. The van der Waals surface area contributed by atoms with E-state index in [0.717, 1.165) is 26.7 Å². The van der Waals surface area contributed by atoms with Crippen LogP contribution >= 0.6 is 15.9 Å². The van der Waals surface area contributed by atoms with Crippen molar-refractivity contribution < 1.29 is 5.11 Å². The fourth-order valence-corrected chi connectivity index (χ4v) is 2.92. The maximum Gasteiger partial charge on any atom is 0.141 e. The van der Waals surface area contributed by atoms with Crippen LogP contribution in [0.1, 0.15) is 5.56 Å². The van der Waals surface area contributed by atoms with Crippen molar-refractivity contribution >= 4 is 26.8 Å². The molecule has 0 radical (unpaired) electrons. The first-order valence-corrected chi connectivity index (χ1v) is 8.22. The van der Waals surface area contributed by atoms with Crippen LogP contribution in [0.15, 0.2) is 65.4 Å². The number of halogens is 1. The Morgan fingerprint density at radius 1 is 1.04 bits per heavy atom. The van der Waals surface area contributed by atoms with Gasteiger partial charge in [-0.15, -0.1) is 5.10 Å². The van der Waals surface area contributed by atoms with Gasteiger partial charge in [-0.05, 0) is 35.9 Å². The van der Waals surface area contributed by atoms with Crippen LogP contribution in [0.4, 0.5) is 0 Å². The molecule has 4 rings (SSSR count). The van der Waals surface area contributed by atoms with Crippen molar-refractivity contribution in [2.75, 3.05) is 0 Å². The first-order chi connectivity index (χ1) is 11.7. The summed E-state index contributed by atoms with van der Waals surface area (Å²) in [6.07, 6.45) is 3.57. The van der Waals surface area contributed by atoms with Crippen molar-refractivity contribution in [1.82, 2.24) is 20.0 Å². The monoisotopic (exact) mass is 380 g/mol. The molecule has 2 aromatic carbocycles. The van der Waals surface area contributed by atoms with E-state index >= 15 is 0 Å². The molecule has 0 fully saturated rings. The van der Waals surface area contributed by atoms with E-state index in [0.29, 0.717) is 12.1 Å². The van der Waals surface area contributed by atoms with E-state index in [1.165, 1.54) is 0 Å². The molecular formula is C18H13BrN4O. The fraction of sp³-hybridized carbons (Fsp3) is 0.0556. The summed E-state index contributed by atoms with van der Waals surface area (Å²) in [4.78, 5) is 4.24. The summed E-state index contributed by atoms with van der Waals surface area (Å²) in [5.74, 6) is 0.164. The third-order valence-electron chi connectivity index (χ3n) is 3.82. The number of aromatic nitrogens is 4. The van der Waals surface area contributed by atoms with Crippen LogP contribution < -0.4 is 0 Å². The number of hydrogen-bond acceptors (Lipinski definition) is 4. The Morgan fingerprint density at radius 2 is 1.88 bits per heavy atom. The highest BCUT2D eigenvalue weighted by molar-refractivity contribution is 9.10. The van der Waals surface area contributed by atoms with Crippen molar-refractivity contribution in [2.24, 2.45) is 0 Å². The average molecular weight is 381 g/mol. The second-order valence-corrected chi connectivity index (χ2v) is 6.38. The third kappa shape index (κ3) is 2.76. The van der Waals surface area contributed by atoms with Crippen LogP contribution in [0.3, 0.4) is 0 Å². The molecule has 1 N–H and O–H groups in total. The molecule has 0 saturated heterocycles. The number of phenols is 1. The molecule has 0 spiro atoms. The predicted molar refractivity (Wildman–Crippen MR) is 95.7 cm³/mol. The summed E-state index contributed by atoms with van der Waals surface area (Å²) in [5, 5.41) is 19.3. The Labute approximate surface area is 146 Å². The molecule has 2 aromatic heterocycles. The van der Waals surface area contributed by atoms with Gasteiger partial charge in [-0.25, -0.2) is 4.68 Å². The van der Waals surface area contributed by atoms with Gasteiger partial charge >= 0.3 is 0 Å². The zero-order valence-electron chi connectivity index (χ0n) is 12.6. The van der Waals surface area contributed by atoms with Gasteiger partial charge in [0.05, 0.1) is 12.7 Å². The van der Waals surface area contributed by atoms with Gasteiger partial charge in [0.1, 0.15) is 17.0 Å². The van der Waals surface area contributed by atoms with Gasteiger partial charge < -0.3 is 5.11 Å². The molecule has 4 aromatic rings. The highest BCUT2D eigenvalue weighted by Gasteiger charge is 2.11. The molecule has 6 heteroatoms. The lowest BCUT2D eigenvalue weighted by atomic mass is 10.1. The van der Waals surface area contributed by atoms with Gasteiger partial charge in [0.15, 0.2) is 0 Å². The lowest BCUT2D eigenvalue weighted by Gasteiger charge is -2.04. The van der Waals surface area contributed by atoms with Crippen molar-refractivity contribution in [2.45, 2.75) is 6.54 Å². The Morgan fingerprint density at radius 3 is 2.71 bits per heavy atom. The predicted octanol–water partition coefficient (Wildman–Crippen LogP) is 4.01. The highest BCUT2D eigenvalue weighted by atomic mass is 79.9. The largest absolute Gasteiger partial charge is 0.506 e. The normalized spacial score (nSPS) is 11.0. The number of benzene rings is 2. The van der Waals surface area contributed by atoms with E-state index in [1.807, 2.05) is 48.7 Å². The van der Waals surface area contributed by atoms with Crippen LogP contribution in [0.2, 0.25) is 0 Å². The lowest BCUT2D eigenvalue weighted by molar-refractivity contribution is 0.480. The molecule has 0 aliphatic carbocycles. The maximum atomic E-state index is 9.96. The zero-order chi connectivity index (χ0) is 16.5. The first-order valence-electron chi connectivity index (χ1n) is 7.42. The number of nitrogens with zero attached hydrogens (tertiary/aromatic N) is 4. The first kappa shape index (κ1) is 14.8. The summed E-state index contributed by atoms with van der Waals surface area (Å²) in [6.45, 7) is 0.647. The van der Waals surface area contributed by atoms with E-state index in [4.69, 9.17) is 0 Å². The molecule has 24 heavy (non-hydrogen) atoms. The van der Waals surface area contributed by atoms with Crippen molar-refractivity contribution in [1.29, 1.82) is 0 Å². The molecule has 0 saturated carbocycles. The van der Waals surface area contributed by atoms with Gasteiger partial charge in [-0.1, -0.05) is 39.3 Å². The minimum absolute atomic E-state index is 0.164. The highest BCUT2D eigenvalue weighted by Crippen LogP contribution is 2.31. The molecule has 0 atom stereocenters. The van der Waals surface area contributed by atoms with E-state index < -0.39 is 0 Å². The van der Waals surface area contributed by atoms with Gasteiger partial charge in [0.25, 0.3) is 0 Å². The van der Waals surface area contributed by atoms with Gasteiger partial charge in [-0.3, -0.25) is 4.98 Å². The molecule has 0 bridgehead atoms. The van der Waals surface area contributed by atoms with Crippen LogP contribution in [0.5, 0.6) is 5.75 Å². The molecular weight excluding hydrogens is 368 g/mol. The smallest absolute Gasteiger partial charge is 0.141 e. The Balaban J connectivity index is 1.70. The minimum Gasteiger partial charge on any atom is -0.506 e. The fourth-order valence-electron chi connectivity index (χ4n) is 2.66. The van der Waals surface area contributed by atoms with E-state index in [1.54, 1.807) is 16.9 Å². The van der Waals surface area contributed by atoms with Crippen LogP contribution in [-0.4, -0.2) is 25.1 Å². The number of aromatic hydroxyl groups is 1. The lowest BCUT2D eigenvalue weighted by Crippen LogP contribution is -1.99. The molecule has 0 aliphatic heterocycles. The number of phenolic OH excluding ortho intramolecular Hbond substituents is 1. The second-order valence-electron chi connectivity index (χ2n) is 5.46. The van der Waals surface area contributed by atoms with Crippen LogP contribution in [0, 0.1) is 0 Å². The molecule has 118 valence electrons. The molecule has 0 amide bonds. The maximum absolute atomic E-state index is 9.96. The van der Waals surface area contributed by atoms with Crippen LogP contribution in [0.25, 0.3) is 22.2 Å². The summed E-state index contributed by atoms with van der Waals surface area (Å²) in [5.41, 5.74) is 3.37.